The third kappa shape index (κ3) is 4.56. The van der Waals surface area contributed by atoms with Crippen LogP contribution in [-0.2, 0) is 4.74 Å². The highest BCUT2D eigenvalue weighted by molar-refractivity contribution is 6.74. The Kier molecular flexibility index (Phi) is 5.58. The third-order valence-electron chi connectivity index (χ3n) is 4.85. The number of fused-ring (bicyclic) bond motifs is 1. The van der Waals surface area contributed by atoms with Crippen LogP contribution < -0.4 is 10.0 Å². The molecule has 148 valence electrons. The first kappa shape index (κ1) is 21.5. The van der Waals surface area contributed by atoms with Gasteiger partial charge in [0, 0.05) is 5.39 Å². The Bertz CT molecular complexity index is 846. The minimum absolute atomic E-state index is 0.00220. The number of hydrogen-bond acceptors (Lipinski definition) is 5. The summed E-state index contributed by atoms with van der Waals surface area (Å²) in [6.07, 6.45) is -0.662. The van der Waals surface area contributed by atoms with Gasteiger partial charge in [-0.05, 0) is 57.1 Å². The maximum Gasteiger partial charge on any atom is 0.506 e. The molecule has 0 aliphatic rings. The largest absolute Gasteiger partial charge is 0.543 e. The highest BCUT2D eigenvalue weighted by Crippen LogP contribution is 2.39. The molecule has 1 aromatic heterocycles. The molecule has 0 radical (unpaired) electrons. The van der Waals surface area contributed by atoms with E-state index in [1.165, 1.54) is 4.57 Å². The zero-order valence-electron chi connectivity index (χ0n) is 17.5. The fourth-order valence-electron chi connectivity index (χ4n) is 2.44. The van der Waals surface area contributed by atoms with Crippen LogP contribution in [0.3, 0.4) is 0 Å². The second-order valence-electron chi connectivity index (χ2n) is 9.31. The second kappa shape index (κ2) is 7.00. The van der Waals surface area contributed by atoms with Crippen molar-refractivity contribution in [1.82, 2.24) is 4.57 Å². The van der Waals surface area contributed by atoms with E-state index in [2.05, 4.69) is 33.9 Å². The van der Waals surface area contributed by atoms with Gasteiger partial charge in [0.25, 0.3) is 8.32 Å². The molecule has 0 saturated carbocycles. The van der Waals surface area contributed by atoms with Gasteiger partial charge in [0.2, 0.25) is 0 Å². The van der Waals surface area contributed by atoms with Gasteiger partial charge in [0.15, 0.2) is 0 Å². The molecule has 2 aromatic rings. The molecular formula is C19H30BNO5Si. The van der Waals surface area contributed by atoms with E-state index >= 15 is 0 Å². The fraction of sp³-hybridized carbons (Fsp3) is 0.526. The molecule has 0 atom stereocenters. The Morgan fingerprint density at radius 3 is 2.19 bits per heavy atom. The lowest BCUT2D eigenvalue weighted by Crippen LogP contribution is -2.43. The van der Waals surface area contributed by atoms with Crippen LogP contribution in [0.1, 0.15) is 41.5 Å². The molecule has 2 rings (SSSR count). The Morgan fingerprint density at radius 1 is 1.11 bits per heavy atom. The molecule has 0 aliphatic carbocycles. The van der Waals surface area contributed by atoms with Crippen LogP contribution in [0.25, 0.3) is 10.9 Å². The number of hydrogen-bond donors (Lipinski definition) is 2. The zero-order chi connectivity index (χ0) is 20.8. The van der Waals surface area contributed by atoms with Gasteiger partial charge in [-0.25, -0.2) is 4.79 Å². The van der Waals surface area contributed by atoms with E-state index in [1.54, 1.807) is 39.0 Å². The van der Waals surface area contributed by atoms with Crippen LogP contribution in [0, 0.1) is 0 Å². The average molecular weight is 391 g/mol. The second-order valence-corrected chi connectivity index (χ2v) is 14.0. The zero-order valence-corrected chi connectivity index (χ0v) is 18.5. The monoisotopic (exact) mass is 391 g/mol. The topological polar surface area (TPSA) is 80.9 Å². The number of carbonyl (C=O) groups is 1. The summed E-state index contributed by atoms with van der Waals surface area (Å²) < 4.78 is 13.1. The predicted octanol–water partition coefficient (Wildman–Crippen LogP) is 3.49. The van der Waals surface area contributed by atoms with Crippen molar-refractivity contribution in [2.24, 2.45) is 0 Å². The Labute approximate surface area is 162 Å². The summed E-state index contributed by atoms with van der Waals surface area (Å²) in [5.41, 5.74) is -0.144. The highest BCUT2D eigenvalue weighted by atomic mass is 28.4. The van der Waals surface area contributed by atoms with Crippen LogP contribution in [0.15, 0.2) is 24.3 Å². The van der Waals surface area contributed by atoms with Crippen LogP contribution in [0.4, 0.5) is 4.79 Å². The van der Waals surface area contributed by atoms with Crippen molar-refractivity contribution < 1.29 is 24.0 Å². The van der Waals surface area contributed by atoms with Crippen molar-refractivity contribution in [3.8, 4) is 5.75 Å². The SMILES string of the molecule is CC(C)(C)OC(=O)n1c(B(O)O)cc2c(O[Si](C)(C)C(C)(C)C)cccc21. The lowest BCUT2D eigenvalue weighted by molar-refractivity contribution is 0.0547. The minimum Gasteiger partial charge on any atom is -0.543 e. The number of aromatic nitrogens is 1. The van der Waals surface area contributed by atoms with Crippen molar-refractivity contribution >= 4 is 38.0 Å². The van der Waals surface area contributed by atoms with Crippen molar-refractivity contribution in [2.75, 3.05) is 0 Å². The van der Waals surface area contributed by atoms with Gasteiger partial charge >= 0.3 is 13.2 Å². The quantitative estimate of drug-likeness (QED) is 0.783. The summed E-state index contributed by atoms with van der Waals surface area (Å²) in [7, 11) is -3.93. The molecule has 27 heavy (non-hydrogen) atoms. The summed E-state index contributed by atoms with van der Waals surface area (Å²) in [6.45, 7) is 16.0. The standard InChI is InChI=1S/C19H30BNO5Si/c1-18(2,3)25-17(22)21-14-10-9-11-15(13(14)12-16(21)20(23)24)26-27(7,8)19(4,5)6/h9-12,23-24H,1-8H3. The maximum atomic E-state index is 12.7. The van der Waals surface area contributed by atoms with Crippen molar-refractivity contribution in [3.63, 3.8) is 0 Å². The van der Waals surface area contributed by atoms with Gasteiger partial charge in [-0.1, -0.05) is 26.8 Å². The van der Waals surface area contributed by atoms with Crippen LogP contribution in [0.5, 0.6) is 5.75 Å². The van der Waals surface area contributed by atoms with Gasteiger partial charge in [-0.2, -0.15) is 0 Å². The molecule has 0 spiro atoms. The van der Waals surface area contributed by atoms with Gasteiger partial charge in [-0.15, -0.1) is 0 Å². The van der Waals surface area contributed by atoms with Gasteiger partial charge in [-0.3, -0.25) is 4.57 Å². The fourth-order valence-corrected chi connectivity index (χ4v) is 3.48. The van der Waals surface area contributed by atoms with E-state index in [4.69, 9.17) is 9.16 Å². The van der Waals surface area contributed by atoms with Crippen LogP contribution >= 0.6 is 0 Å². The molecule has 0 saturated heterocycles. The van der Waals surface area contributed by atoms with Crippen molar-refractivity contribution in [3.05, 3.63) is 24.3 Å². The molecular weight excluding hydrogens is 361 g/mol. The normalized spacial score (nSPS) is 13.0. The van der Waals surface area contributed by atoms with Crippen molar-refractivity contribution in [2.45, 2.75) is 65.3 Å². The van der Waals surface area contributed by atoms with E-state index < -0.39 is 27.1 Å². The molecule has 2 N–H and O–H groups in total. The minimum atomic E-state index is -2.11. The number of carbonyl (C=O) groups excluding carboxylic acids is 1. The Hall–Kier alpha value is -1.77. The molecule has 8 heteroatoms. The van der Waals surface area contributed by atoms with E-state index in [0.717, 1.165) is 0 Å². The Balaban J connectivity index is 2.63. The van der Waals surface area contributed by atoms with Crippen LogP contribution in [-0.4, -0.2) is 41.7 Å². The first-order valence-electron chi connectivity index (χ1n) is 9.07. The molecule has 1 heterocycles. The van der Waals surface area contributed by atoms with E-state index in [-0.39, 0.29) is 10.6 Å². The molecule has 0 bridgehead atoms. The third-order valence-corrected chi connectivity index (χ3v) is 9.19. The molecule has 1 aromatic carbocycles. The lowest BCUT2D eigenvalue weighted by Gasteiger charge is -2.36. The molecule has 0 fully saturated rings. The smallest absolute Gasteiger partial charge is 0.506 e. The predicted molar refractivity (Wildman–Crippen MR) is 111 cm³/mol. The summed E-state index contributed by atoms with van der Waals surface area (Å²) in [6, 6.07) is 6.95. The van der Waals surface area contributed by atoms with Gasteiger partial charge in [0.05, 0.1) is 11.1 Å². The average Bonchev–Trinajstić information content (AvgIpc) is 2.84. The molecule has 0 amide bonds. The molecule has 0 unspecified atom stereocenters. The highest BCUT2D eigenvalue weighted by Gasteiger charge is 2.39. The van der Waals surface area contributed by atoms with E-state index in [9.17, 15) is 14.8 Å². The van der Waals surface area contributed by atoms with Crippen molar-refractivity contribution in [1.29, 1.82) is 0 Å². The van der Waals surface area contributed by atoms with Crippen LogP contribution in [0.2, 0.25) is 18.1 Å². The Morgan fingerprint density at radius 2 is 1.70 bits per heavy atom. The van der Waals surface area contributed by atoms with E-state index in [0.29, 0.717) is 16.7 Å². The van der Waals surface area contributed by atoms with Gasteiger partial charge < -0.3 is 19.2 Å². The lowest BCUT2D eigenvalue weighted by atomic mass is 9.86. The van der Waals surface area contributed by atoms with E-state index in [1.807, 2.05) is 6.07 Å². The number of rotatable bonds is 3. The number of benzene rings is 1. The molecule has 6 nitrogen and oxygen atoms in total. The first-order chi connectivity index (χ1) is 12.1. The summed E-state index contributed by atoms with van der Waals surface area (Å²) >= 11 is 0. The maximum absolute atomic E-state index is 12.7. The summed E-state index contributed by atoms with van der Waals surface area (Å²) in [5, 5.41) is 20.3. The molecule has 0 aliphatic heterocycles. The summed E-state index contributed by atoms with van der Waals surface area (Å²) in [5.74, 6) is 0.628. The number of ether oxygens (including phenoxy) is 1. The van der Waals surface area contributed by atoms with Gasteiger partial charge in [0.1, 0.15) is 11.4 Å². The number of nitrogens with zero attached hydrogens (tertiary/aromatic N) is 1. The first-order valence-corrected chi connectivity index (χ1v) is 12.0. The summed E-state index contributed by atoms with van der Waals surface area (Å²) in [4.78, 5) is 12.7.